The molecule has 43 heavy (non-hydrogen) atoms. The van der Waals surface area contributed by atoms with Crippen LogP contribution in [0, 0.1) is 10.1 Å². The van der Waals surface area contributed by atoms with Crippen molar-refractivity contribution in [3.8, 4) is 11.5 Å². The van der Waals surface area contributed by atoms with Gasteiger partial charge in [-0.05, 0) is 43.3 Å². The molecule has 0 heterocycles. The SMILES string of the molecule is CCN(CCOC(=O)[PH-])c1ccc(N=Nc2cc(OCCN)c(N=Nc3ccc([N+](=O)[O-])cc3)cc2OCCN)cc1.[Cs+]. The van der Waals surface area contributed by atoms with Gasteiger partial charge in [0.05, 0.1) is 22.8 Å². The molecular weight excluding hydrogens is 696 g/mol. The van der Waals surface area contributed by atoms with E-state index in [9.17, 15) is 14.9 Å². The van der Waals surface area contributed by atoms with Gasteiger partial charge in [-0.2, -0.15) is 10.2 Å². The summed E-state index contributed by atoms with van der Waals surface area (Å²) in [4.78, 5) is 23.4. The van der Waals surface area contributed by atoms with Crippen LogP contribution in [0.3, 0.4) is 0 Å². The van der Waals surface area contributed by atoms with E-state index in [1.165, 1.54) is 24.3 Å². The molecule has 0 unspecified atom stereocenters. The minimum atomic E-state index is -0.506. The topological polar surface area (TPSA) is 193 Å². The van der Waals surface area contributed by atoms with Gasteiger partial charge in [0, 0.05) is 49.6 Å². The van der Waals surface area contributed by atoms with Crippen LogP contribution in [0.2, 0.25) is 0 Å². The molecule has 14 nitrogen and oxygen atoms in total. The van der Waals surface area contributed by atoms with Crippen LogP contribution in [0.25, 0.3) is 0 Å². The Morgan fingerprint density at radius 1 is 0.860 bits per heavy atom. The number of nitrogens with two attached hydrogens (primary N) is 2. The van der Waals surface area contributed by atoms with E-state index in [0.29, 0.717) is 40.8 Å². The van der Waals surface area contributed by atoms with Gasteiger partial charge < -0.3 is 39.8 Å². The summed E-state index contributed by atoms with van der Waals surface area (Å²) >= 11 is 0. The molecule has 0 saturated carbocycles. The van der Waals surface area contributed by atoms with Gasteiger partial charge in [-0.25, -0.2) is 0 Å². The zero-order valence-corrected chi connectivity index (χ0v) is 31.3. The standard InChI is InChI=1S/C27H32N8O6P.Cs/c1-2-34(13-16-41-27(36)42)21-7-3-19(4-8-21)30-32-23-17-26(40-15-12-29)24(18-25(23)39-14-11-28)33-31-20-5-9-22(10-6-20)35(37)38;/h3-10,17-18,42H,2,11-16,28-29H2,1H3;/q-1;+1. The van der Waals surface area contributed by atoms with Crippen LogP contribution >= 0.6 is 9.24 Å². The Morgan fingerprint density at radius 2 is 1.35 bits per heavy atom. The van der Waals surface area contributed by atoms with E-state index in [4.69, 9.17) is 25.7 Å². The van der Waals surface area contributed by atoms with Crippen molar-refractivity contribution < 1.29 is 92.8 Å². The van der Waals surface area contributed by atoms with Crippen LogP contribution in [0.5, 0.6) is 11.5 Å². The van der Waals surface area contributed by atoms with Crippen LogP contribution in [0.4, 0.5) is 38.9 Å². The average Bonchev–Trinajstić information content (AvgIpc) is 3.00. The molecule has 0 atom stereocenters. The number of azo groups is 2. The maximum Gasteiger partial charge on any atom is 1.00 e. The Morgan fingerprint density at radius 3 is 1.77 bits per heavy atom. The van der Waals surface area contributed by atoms with Crippen molar-refractivity contribution in [3.63, 3.8) is 0 Å². The minimum Gasteiger partial charge on any atom is -0.490 e. The van der Waals surface area contributed by atoms with Gasteiger partial charge in [0.2, 0.25) is 0 Å². The summed E-state index contributed by atoms with van der Waals surface area (Å²) in [6.07, 6.45) is 0. The first-order valence-corrected chi connectivity index (χ1v) is 13.5. The van der Waals surface area contributed by atoms with E-state index in [0.717, 1.165) is 12.2 Å². The van der Waals surface area contributed by atoms with Crippen molar-refractivity contribution in [2.24, 2.45) is 31.9 Å². The van der Waals surface area contributed by atoms with Crippen molar-refractivity contribution >= 4 is 49.1 Å². The molecule has 3 aromatic carbocycles. The Hall–Kier alpha value is -2.47. The summed E-state index contributed by atoms with van der Waals surface area (Å²) in [5, 5.41) is 28.1. The summed E-state index contributed by atoms with van der Waals surface area (Å²) in [5.74, 6) is 0.704. The molecule has 3 rings (SSSR count). The number of nitrogens with zero attached hydrogens (tertiary/aromatic N) is 6. The first-order valence-electron chi connectivity index (χ1n) is 13.0. The van der Waals surface area contributed by atoms with Gasteiger partial charge in [-0.3, -0.25) is 14.9 Å². The quantitative estimate of drug-likeness (QED) is 0.0965. The predicted molar refractivity (Wildman–Crippen MR) is 161 cm³/mol. The van der Waals surface area contributed by atoms with Gasteiger partial charge >= 0.3 is 68.9 Å². The molecule has 0 fully saturated rings. The molecule has 4 N–H and O–H groups in total. The van der Waals surface area contributed by atoms with Crippen molar-refractivity contribution in [3.05, 3.63) is 70.8 Å². The fourth-order valence-electron chi connectivity index (χ4n) is 3.58. The molecular formula is C27H32CsN8O6P. The molecule has 0 amide bonds. The maximum atomic E-state index is 11.0. The van der Waals surface area contributed by atoms with Crippen molar-refractivity contribution in [1.82, 2.24) is 0 Å². The van der Waals surface area contributed by atoms with E-state index in [1.54, 1.807) is 12.1 Å². The Balaban J connectivity index is 0.00000645. The van der Waals surface area contributed by atoms with E-state index in [-0.39, 0.29) is 107 Å². The Kier molecular flexibility index (Phi) is 16.9. The summed E-state index contributed by atoms with van der Waals surface area (Å²) in [5.41, 5.74) is 13.4. The number of carbonyl (C=O) groups is 1. The zero-order chi connectivity index (χ0) is 30.3. The molecule has 0 radical (unpaired) electrons. The summed E-state index contributed by atoms with van der Waals surface area (Å²) in [6, 6.07) is 16.3. The van der Waals surface area contributed by atoms with Crippen molar-refractivity contribution in [2.45, 2.75) is 6.92 Å². The number of hydrogen-bond donors (Lipinski definition) is 2. The number of likely N-dealkylation sites (N-methyl/N-ethyl adjacent to an activating group) is 1. The fourth-order valence-corrected chi connectivity index (χ4v) is 3.68. The van der Waals surface area contributed by atoms with E-state index >= 15 is 0 Å². The van der Waals surface area contributed by atoms with E-state index < -0.39 is 10.6 Å². The van der Waals surface area contributed by atoms with Gasteiger partial charge in [-0.15, -0.1) is 10.2 Å². The maximum absolute atomic E-state index is 11.0. The second kappa shape index (κ2) is 19.7. The predicted octanol–water partition coefficient (Wildman–Crippen LogP) is 3.21. The van der Waals surface area contributed by atoms with E-state index in [1.807, 2.05) is 31.2 Å². The molecule has 16 heteroatoms. The molecule has 222 valence electrons. The van der Waals surface area contributed by atoms with Gasteiger partial charge in [0.25, 0.3) is 5.69 Å². The number of nitro benzene ring substituents is 1. The third kappa shape index (κ3) is 12.2. The smallest absolute Gasteiger partial charge is 0.490 e. The number of benzene rings is 3. The number of carbonyl (C=O) groups excluding carboxylic acids is 1. The van der Waals surface area contributed by atoms with Crippen LogP contribution in [-0.2, 0) is 4.74 Å². The number of hydrogen-bond acceptors (Lipinski definition) is 13. The Labute approximate surface area is 310 Å². The van der Waals surface area contributed by atoms with Crippen LogP contribution in [0.15, 0.2) is 81.1 Å². The number of ether oxygens (including phenoxy) is 3. The number of non-ortho nitro benzene ring substituents is 1. The monoisotopic (exact) mass is 728 g/mol. The number of anilines is 1. The number of nitro groups is 1. The minimum absolute atomic E-state index is 0. The molecule has 0 aliphatic carbocycles. The largest absolute Gasteiger partial charge is 1.00 e. The van der Waals surface area contributed by atoms with Gasteiger partial charge in [0.15, 0.2) is 0 Å². The first kappa shape index (κ1) is 36.7. The zero-order valence-electron chi connectivity index (χ0n) is 24.0. The first-order chi connectivity index (χ1) is 20.3. The molecule has 0 saturated heterocycles. The normalized spacial score (nSPS) is 10.9. The molecule has 3 aromatic rings. The third-order valence-corrected chi connectivity index (χ3v) is 5.73. The summed E-state index contributed by atoms with van der Waals surface area (Å²) < 4.78 is 16.6. The molecule has 0 bridgehead atoms. The van der Waals surface area contributed by atoms with Gasteiger partial charge in [-0.1, -0.05) is 0 Å². The molecule has 0 spiro atoms. The van der Waals surface area contributed by atoms with Crippen molar-refractivity contribution in [1.29, 1.82) is 0 Å². The summed E-state index contributed by atoms with van der Waals surface area (Å²) in [7, 11) is 2.80. The second-order valence-corrected chi connectivity index (χ2v) is 8.88. The van der Waals surface area contributed by atoms with Crippen LogP contribution in [-0.4, -0.2) is 56.6 Å². The second-order valence-electron chi connectivity index (χ2n) is 8.47. The molecule has 0 aliphatic rings. The fraction of sp³-hybridized carbons (Fsp3) is 0.296. The van der Waals surface area contributed by atoms with Crippen LogP contribution in [0.1, 0.15) is 6.92 Å². The van der Waals surface area contributed by atoms with E-state index in [2.05, 4.69) is 34.6 Å². The van der Waals surface area contributed by atoms with Crippen molar-refractivity contribution in [2.75, 3.05) is 50.9 Å². The van der Waals surface area contributed by atoms with Crippen LogP contribution < -0.4 is 94.7 Å². The van der Waals surface area contributed by atoms with Gasteiger partial charge in [0.1, 0.15) is 48.4 Å². The third-order valence-electron chi connectivity index (χ3n) is 5.59. The molecule has 0 aromatic heterocycles. The summed E-state index contributed by atoms with van der Waals surface area (Å²) in [6.45, 7) is 4.48. The Bertz CT molecular complexity index is 1390. The number of rotatable bonds is 16. The molecule has 0 aliphatic heterocycles. The average molecular weight is 728 g/mol.